The molecule has 0 atom stereocenters. The highest BCUT2D eigenvalue weighted by molar-refractivity contribution is 7.22. The lowest BCUT2D eigenvalue weighted by Gasteiger charge is -2.02. The molecule has 0 radical (unpaired) electrons. The van der Waals surface area contributed by atoms with E-state index in [1.54, 1.807) is 5.56 Å². The maximum absolute atomic E-state index is 4.04. The quantitative estimate of drug-likeness (QED) is 0.333. The molecule has 2 aromatic heterocycles. The molecule has 0 saturated heterocycles. The summed E-state index contributed by atoms with van der Waals surface area (Å²) in [5, 5.41) is 2.26. The van der Waals surface area contributed by atoms with Gasteiger partial charge in [-0.15, -0.1) is 22.7 Å². The van der Waals surface area contributed by atoms with Crippen molar-refractivity contribution in [3.05, 3.63) is 40.1 Å². The minimum absolute atomic E-state index is 1.20. The Hall–Kier alpha value is -0.860. The second kappa shape index (κ2) is 10.9. The largest absolute Gasteiger partial charge is 0.143 e. The number of aryl methyl sites for hydroxylation is 2. The van der Waals surface area contributed by atoms with Gasteiger partial charge in [-0.1, -0.05) is 65.0 Å². The molecule has 2 aromatic rings. The van der Waals surface area contributed by atoms with E-state index in [-0.39, 0.29) is 0 Å². The molecule has 0 fully saturated rings. The van der Waals surface area contributed by atoms with Crippen molar-refractivity contribution < 1.29 is 0 Å². The summed E-state index contributed by atoms with van der Waals surface area (Å²) in [5.41, 5.74) is 3.05. The highest BCUT2D eigenvalue weighted by Crippen LogP contribution is 2.38. The summed E-state index contributed by atoms with van der Waals surface area (Å²) in [5.74, 6) is 0. The van der Waals surface area contributed by atoms with Crippen LogP contribution < -0.4 is 0 Å². The number of unbranched alkanes of at least 4 members (excludes halogenated alkanes) is 6. The Morgan fingerprint density at radius 3 is 2.21 bits per heavy atom. The molecule has 0 spiro atoms. The van der Waals surface area contributed by atoms with Crippen LogP contribution >= 0.6 is 22.7 Å². The standard InChI is InChI=1S/C22H32S2/c1-4-7-9-11-13-18-15-16-23-22(18)21-17-19(20(6-3)24-21)14-12-10-8-5-2/h6,15-17H,3-5,7-14H2,1-2H3. The second-order valence-electron chi connectivity index (χ2n) is 6.60. The summed E-state index contributed by atoms with van der Waals surface area (Å²) in [6.45, 7) is 8.59. The zero-order valence-electron chi connectivity index (χ0n) is 15.4. The Morgan fingerprint density at radius 1 is 0.917 bits per heavy atom. The van der Waals surface area contributed by atoms with Crippen molar-refractivity contribution in [1.82, 2.24) is 0 Å². The van der Waals surface area contributed by atoms with Gasteiger partial charge in [0.25, 0.3) is 0 Å². The van der Waals surface area contributed by atoms with Crippen molar-refractivity contribution in [2.45, 2.75) is 78.1 Å². The first-order valence-electron chi connectivity index (χ1n) is 9.62. The molecule has 24 heavy (non-hydrogen) atoms. The first-order chi connectivity index (χ1) is 11.8. The van der Waals surface area contributed by atoms with Gasteiger partial charge in [0, 0.05) is 14.6 Å². The molecular formula is C22H32S2. The minimum atomic E-state index is 1.20. The van der Waals surface area contributed by atoms with Crippen molar-refractivity contribution in [1.29, 1.82) is 0 Å². The van der Waals surface area contributed by atoms with E-state index in [9.17, 15) is 0 Å². The van der Waals surface area contributed by atoms with Gasteiger partial charge in [0.1, 0.15) is 0 Å². The zero-order valence-corrected chi connectivity index (χ0v) is 17.0. The lowest BCUT2D eigenvalue weighted by molar-refractivity contribution is 0.667. The van der Waals surface area contributed by atoms with E-state index in [1.807, 2.05) is 22.7 Å². The maximum Gasteiger partial charge on any atom is 0.0474 e. The predicted molar refractivity (Wildman–Crippen MR) is 113 cm³/mol. The molecule has 0 bridgehead atoms. The summed E-state index contributed by atoms with van der Waals surface area (Å²) in [6.07, 6.45) is 15.1. The van der Waals surface area contributed by atoms with Gasteiger partial charge in [-0.25, -0.2) is 0 Å². The topological polar surface area (TPSA) is 0 Å². The van der Waals surface area contributed by atoms with E-state index in [1.165, 1.54) is 84.4 Å². The molecular weight excluding hydrogens is 328 g/mol. The summed E-state index contributed by atoms with van der Waals surface area (Å²) in [4.78, 5) is 4.34. The molecule has 2 heterocycles. The first-order valence-corrected chi connectivity index (χ1v) is 11.3. The Morgan fingerprint density at radius 2 is 1.58 bits per heavy atom. The van der Waals surface area contributed by atoms with E-state index in [0.29, 0.717) is 0 Å². The summed E-state index contributed by atoms with van der Waals surface area (Å²) in [7, 11) is 0. The summed E-state index contributed by atoms with van der Waals surface area (Å²) in [6, 6.07) is 4.77. The van der Waals surface area contributed by atoms with E-state index in [4.69, 9.17) is 0 Å². The van der Waals surface area contributed by atoms with Gasteiger partial charge < -0.3 is 0 Å². The Labute approximate surface area is 156 Å². The van der Waals surface area contributed by atoms with E-state index >= 15 is 0 Å². The molecule has 2 heteroatoms. The third-order valence-electron chi connectivity index (χ3n) is 4.60. The molecule has 0 aromatic carbocycles. The van der Waals surface area contributed by atoms with Crippen molar-refractivity contribution in [3.8, 4) is 9.75 Å². The van der Waals surface area contributed by atoms with E-state index < -0.39 is 0 Å². The lowest BCUT2D eigenvalue weighted by Crippen LogP contribution is -1.86. The van der Waals surface area contributed by atoms with E-state index in [0.717, 1.165) is 0 Å². The third-order valence-corrected chi connectivity index (χ3v) is 6.91. The summed E-state index contributed by atoms with van der Waals surface area (Å²) >= 11 is 3.84. The molecule has 2 rings (SSSR count). The lowest BCUT2D eigenvalue weighted by atomic mass is 10.0. The van der Waals surface area contributed by atoms with Crippen molar-refractivity contribution in [2.24, 2.45) is 0 Å². The average molecular weight is 361 g/mol. The van der Waals surface area contributed by atoms with Crippen LogP contribution in [-0.4, -0.2) is 0 Å². The summed E-state index contributed by atoms with van der Waals surface area (Å²) < 4.78 is 0. The van der Waals surface area contributed by atoms with Crippen molar-refractivity contribution in [3.63, 3.8) is 0 Å². The first kappa shape index (κ1) is 19.5. The predicted octanol–water partition coefficient (Wildman–Crippen LogP) is 8.37. The molecule has 0 amide bonds. The van der Waals surface area contributed by atoms with Crippen LogP contribution in [0, 0.1) is 0 Å². The molecule has 0 unspecified atom stereocenters. The Balaban J connectivity index is 2.05. The number of hydrogen-bond donors (Lipinski definition) is 0. The van der Waals surface area contributed by atoms with Gasteiger partial charge >= 0.3 is 0 Å². The van der Waals surface area contributed by atoms with Crippen LogP contribution in [0.5, 0.6) is 0 Å². The van der Waals surface area contributed by atoms with Crippen LogP contribution in [0.15, 0.2) is 24.1 Å². The minimum Gasteiger partial charge on any atom is -0.143 e. The molecule has 0 N–H and O–H groups in total. The monoisotopic (exact) mass is 360 g/mol. The van der Waals surface area contributed by atoms with Gasteiger partial charge in [0.15, 0.2) is 0 Å². The molecule has 0 nitrogen and oxygen atoms in total. The molecule has 132 valence electrons. The number of thiophene rings is 2. The van der Waals surface area contributed by atoms with Gasteiger partial charge in [-0.2, -0.15) is 0 Å². The highest BCUT2D eigenvalue weighted by atomic mass is 32.1. The van der Waals surface area contributed by atoms with Crippen LogP contribution in [0.2, 0.25) is 0 Å². The fraction of sp³-hybridized carbons (Fsp3) is 0.545. The van der Waals surface area contributed by atoms with Gasteiger partial charge in [0.05, 0.1) is 0 Å². The van der Waals surface area contributed by atoms with Crippen molar-refractivity contribution >= 4 is 28.7 Å². The molecule has 0 aliphatic rings. The highest BCUT2D eigenvalue weighted by Gasteiger charge is 2.13. The molecule has 0 saturated carbocycles. The van der Waals surface area contributed by atoms with Gasteiger partial charge in [0.2, 0.25) is 0 Å². The average Bonchev–Trinajstić information content (AvgIpc) is 3.22. The Bertz CT molecular complexity index is 603. The van der Waals surface area contributed by atoms with E-state index in [2.05, 4.69) is 44.0 Å². The van der Waals surface area contributed by atoms with Gasteiger partial charge in [-0.05, 0) is 54.3 Å². The Kier molecular flexibility index (Phi) is 8.83. The fourth-order valence-corrected chi connectivity index (χ4v) is 5.33. The number of rotatable bonds is 12. The van der Waals surface area contributed by atoms with Gasteiger partial charge in [-0.3, -0.25) is 0 Å². The molecule has 0 aliphatic heterocycles. The zero-order chi connectivity index (χ0) is 17.2. The second-order valence-corrected chi connectivity index (χ2v) is 8.60. The van der Waals surface area contributed by atoms with Crippen LogP contribution in [0.4, 0.5) is 0 Å². The van der Waals surface area contributed by atoms with Crippen LogP contribution in [0.3, 0.4) is 0 Å². The third kappa shape index (κ3) is 5.60. The van der Waals surface area contributed by atoms with Crippen LogP contribution in [0.1, 0.15) is 81.2 Å². The van der Waals surface area contributed by atoms with Crippen LogP contribution in [-0.2, 0) is 12.8 Å². The maximum atomic E-state index is 4.04. The smallest absolute Gasteiger partial charge is 0.0474 e. The number of hydrogen-bond acceptors (Lipinski definition) is 2. The molecule has 0 aliphatic carbocycles. The normalized spacial score (nSPS) is 11.1. The SMILES string of the molecule is C=Cc1sc(-c2sccc2CCCCCC)cc1CCCCCC. The fourth-order valence-electron chi connectivity index (χ4n) is 3.16. The van der Waals surface area contributed by atoms with Crippen molar-refractivity contribution in [2.75, 3.05) is 0 Å². The van der Waals surface area contributed by atoms with Crippen LogP contribution in [0.25, 0.3) is 15.8 Å².